The number of aromatic nitrogens is 1. The van der Waals surface area contributed by atoms with Gasteiger partial charge in [0.25, 0.3) is 5.91 Å². The smallest absolute Gasteiger partial charge is 0.257 e. The molecule has 1 N–H and O–H groups in total. The second-order valence-electron chi connectivity index (χ2n) is 7.66. The largest absolute Gasteiger partial charge is 0.360 e. The van der Waals surface area contributed by atoms with Gasteiger partial charge in [0.05, 0.1) is 10.6 Å². The maximum absolute atomic E-state index is 14.3. The monoisotopic (exact) mass is 376 g/mol. The van der Waals surface area contributed by atoms with Crippen molar-refractivity contribution in [2.24, 2.45) is 17.8 Å². The van der Waals surface area contributed by atoms with E-state index >= 15 is 0 Å². The third-order valence-electron chi connectivity index (χ3n) is 6.08. The van der Waals surface area contributed by atoms with Crippen molar-refractivity contribution < 1.29 is 13.7 Å². The van der Waals surface area contributed by atoms with E-state index in [1.165, 1.54) is 37.8 Å². The van der Waals surface area contributed by atoms with Gasteiger partial charge in [-0.05, 0) is 63.0 Å². The maximum Gasteiger partial charge on any atom is 0.257 e. The lowest BCUT2D eigenvalue weighted by Crippen LogP contribution is -2.40. The average Bonchev–Trinajstić information content (AvgIpc) is 3.30. The second-order valence-corrected chi connectivity index (χ2v) is 8.07. The highest BCUT2D eigenvalue weighted by Gasteiger charge is 2.42. The summed E-state index contributed by atoms with van der Waals surface area (Å²) in [6.07, 6.45) is 5.05. The van der Waals surface area contributed by atoms with Crippen LogP contribution < -0.4 is 5.32 Å². The number of benzene rings is 1. The minimum absolute atomic E-state index is 0.0658. The Bertz CT molecular complexity index is 830. The van der Waals surface area contributed by atoms with E-state index in [1.54, 1.807) is 13.0 Å². The molecule has 2 bridgehead atoms. The van der Waals surface area contributed by atoms with Gasteiger partial charge >= 0.3 is 0 Å². The van der Waals surface area contributed by atoms with Crippen molar-refractivity contribution in [3.63, 3.8) is 0 Å². The minimum Gasteiger partial charge on any atom is -0.360 e. The van der Waals surface area contributed by atoms with Gasteiger partial charge in [-0.3, -0.25) is 4.79 Å². The second kappa shape index (κ2) is 6.69. The Hall–Kier alpha value is -1.88. The molecule has 6 heteroatoms. The highest BCUT2D eigenvalue weighted by molar-refractivity contribution is 6.33. The molecule has 2 saturated carbocycles. The zero-order valence-corrected chi connectivity index (χ0v) is 15.6. The molecule has 2 fully saturated rings. The van der Waals surface area contributed by atoms with E-state index in [4.69, 9.17) is 16.1 Å². The number of hydrogen-bond acceptors (Lipinski definition) is 3. The quantitative estimate of drug-likeness (QED) is 0.817. The van der Waals surface area contributed by atoms with E-state index in [9.17, 15) is 9.18 Å². The Morgan fingerprint density at radius 1 is 1.38 bits per heavy atom. The topological polar surface area (TPSA) is 55.1 Å². The molecule has 0 radical (unpaired) electrons. The first-order valence-electron chi connectivity index (χ1n) is 9.17. The van der Waals surface area contributed by atoms with Gasteiger partial charge in [0.1, 0.15) is 22.8 Å². The Morgan fingerprint density at radius 2 is 2.19 bits per heavy atom. The fourth-order valence-corrected chi connectivity index (χ4v) is 5.08. The standard InChI is InChI=1S/C20H22ClFN2O2/c1-10(14-9-12-6-7-13(14)8-12)23-20(25)17-11(2)26-24-19(17)18-15(21)4-3-5-16(18)22/h3-5,10,12-14H,6-9H2,1-2H3,(H,23,25)/t10-,12-,13-,14+/m0/s1. The first-order chi connectivity index (χ1) is 12.5. The van der Waals surface area contributed by atoms with E-state index in [0.29, 0.717) is 17.6 Å². The van der Waals surface area contributed by atoms with Crippen LogP contribution in [0.25, 0.3) is 11.3 Å². The van der Waals surface area contributed by atoms with E-state index in [2.05, 4.69) is 17.4 Å². The summed E-state index contributed by atoms with van der Waals surface area (Å²) >= 11 is 6.15. The highest BCUT2D eigenvalue weighted by Crippen LogP contribution is 2.49. The van der Waals surface area contributed by atoms with E-state index in [0.717, 1.165) is 5.92 Å². The number of nitrogens with zero attached hydrogens (tertiary/aromatic N) is 1. The highest BCUT2D eigenvalue weighted by atomic mass is 35.5. The number of nitrogens with one attached hydrogen (secondary N) is 1. The summed E-state index contributed by atoms with van der Waals surface area (Å²) in [4.78, 5) is 12.9. The first kappa shape index (κ1) is 17.5. The van der Waals surface area contributed by atoms with Crippen molar-refractivity contribution in [1.29, 1.82) is 0 Å². The van der Waals surface area contributed by atoms with Crippen LogP contribution in [0.2, 0.25) is 5.02 Å². The first-order valence-corrected chi connectivity index (χ1v) is 9.55. The number of fused-ring (bicyclic) bond motifs is 2. The molecule has 138 valence electrons. The van der Waals surface area contributed by atoms with Crippen LogP contribution in [0.15, 0.2) is 22.7 Å². The van der Waals surface area contributed by atoms with E-state index < -0.39 is 5.82 Å². The van der Waals surface area contributed by atoms with Crippen LogP contribution in [-0.4, -0.2) is 17.1 Å². The Labute approximate surface area is 157 Å². The van der Waals surface area contributed by atoms with Gasteiger partial charge in [0.2, 0.25) is 0 Å². The summed E-state index contributed by atoms with van der Waals surface area (Å²) < 4.78 is 19.5. The molecule has 0 aliphatic heterocycles. The molecule has 1 aromatic heterocycles. The maximum atomic E-state index is 14.3. The van der Waals surface area contributed by atoms with Crippen molar-refractivity contribution in [3.05, 3.63) is 40.4 Å². The van der Waals surface area contributed by atoms with E-state index in [1.807, 2.05) is 0 Å². The predicted molar refractivity (Wildman–Crippen MR) is 97.5 cm³/mol. The lowest BCUT2D eigenvalue weighted by Gasteiger charge is -2.28. The summed E-state index contributed by atoms with van der Waals surface area (Å²) in [5.74, 6) is 1.58. The molecule has 2 aliphatic carbocycles. The number of halogens is 2. The summed E-state index contributed by atoms with van der Waals surface area (Å²) in [6, 6.07) is 4.45. The van der Waals surface area contributed by atoms with Gasteiger partial charge in [-0.25, -0.2) is 4.39 Å². The van der Waals surface area contributed by atoms with Gasteiger partial charge in [-0.2, -0.15) is 0 Å². The van der Waals surface area contributed by atoms with Crippen molar-refractivity contribution >= 4 is 17.5 Å². The van der Waals surface area contributed by atoms with Crippen LogP contribution in [0.5, 0.6) is 0 Å². The van der Waals surface area contributed by atoms with Crippen molar-refractivity contribution in [2.45, 2.75) is 45.6 Å². The molecule has 4 rings (SSSR count). The fraction of sp³-hybridized carbons (Fsp3) is 0.500. The van der Waals surface area contributed by atoms with Crippen LogP contribution in [0.4, 0.5) is 4.39 Å². The van der Waals surface area contributed by atoms with Crippen LogP contribution in [0.1, 0.15) is 48.7 Å². The fourth-order valence-electron chi connectivity index (χ4n) is 4.83. The third kappa shape index (κ3) is 2.92. The molecule has 26 heavy (non-hydrogen) atoms. The molecular weight excluding hydrogens is 355 g/mol. The Kier molecular flexibility index (Phi) is 4.51. The Balaban J connectivity index is 1.60. The van der Waals surface area contributed by atoms with Crippen LogP contribution in [0.3, 0.4) is 0 Å². The van der Waals surface area contributed by atoms with Crippen molar-refractivity contribution in [3.8, 4) is 11.3 Å². The molecule has 0 saturated heterocycles. The Morgan fingerprint density at radius 3 is 2.85 bits per heavy atom. The number of carbonyl (C=O) groups is 1. The molecule has 2 aromatic rings. The van der Waals surface area contributed by atoms with E-state index in [-0.39, 0.29) is 33.8 Å². The lowest BCUT2D eigenvalue weighted by atomic mass is 9.84. The zero-order chi connectivity index (χ0) is 18.4. The lowest BCUT2D eigenvalue weighted by molar-refractivity contribution is 0.0914. The normalized spacial score (nSPS) is 25.5. The summed E-state index contributed by atoms with van der Waals surface area (Å²) in [5, 5.41) is 7.21. The molecule has 1 heterocycles. The number of carbonyl (C=O) groups excluding carboxylic acids is 1. The van der Waals surface area contributed by atoms with Gasteiger partial charge in [0.15, 0.2) is 0 Å². The van der Waals surface area contributed by atoms with Gasteiger partial charge in [-0.1, -0.05) is 29.2 Å². The van der Waals surface area contributed by atoms with Gasteiger partial charge in [0, 0.05) is 6.04 Å². The summed E-state index contributed by atoms with van der Waals surface area (Å²) in [5.41, 5.74) is 0.513. The van der Waals surface area contributed by atoms with Gasteiger partial charge < -0.3 is 9.84 Å². The molecule has 0 spiro atoms. The molecule has 0 unspecified atom stereocenters. The third-order valence-corrected chi connectivity index (χ3v) is 6.40. The molecular formula is C20H22ClFN2O2. The van der Waals surface area contributed by atoms with Gasteiger partial charge in [-0.15, -0.1) is 0 Å². The molecule has 4 atom stereocenters. The van der Waals surface area contributed by atoms with Crippen LogP contribution >= 0.6 is 11.6 Å². The van der Waals surface area contributed by atoms with Crippen LogP contribution in [-0.2, 0) is 0 Å². The molecule has 2 aliphatic rings. The zero-order valence-electron chi connectivity index (χ0n) is 14.9. The van der Waals surface area contributed by atoms with Crippen molar-refractivity contribution in [1.82, 2.24) is 10.5 Å². The molecule has 1 amide bonds. The van der Waals surface area contributed by atoms with Crippen molar-refractivity contribution in [2.75, 3.05) is 0 Å². The molecule has 1 aromatic carbocycles. The minimum atomic E-state index is -0.527. The van der Waals surface area contributed by atoms with Crippen LogP contribution in [0, 0.1) is 30.5 Å². The molecule has 4 nitrogen and oxygen atoms in total. The SMILES string of the molecule is Cc1onc(-c2c(F)cccc2Cl)c1C(=O)N[C@@H](C)[C@H]1C[C@H]2CC[C@H]1C2. The number of hydrogen-bond donors (Lipinski definition) is 1. The summed E-state index contributed by atoms with van der Waals surface area (Å²) in [6.45, 7) is 3.71. The summed E-state index contributed by atoms with van der Waals surface area (Å²) in [7, 11) is 0. The number of aryl methyl sites for hydroxylation is 1. The number of amides is 1. The predicted octanol–water partition coefficient (Wildman–Crippen LogP) is 5.00. The average molecular weight is 377 g/mol. The number of rotatable bonds is 4.